The van der Waals surface area contributed by atoms with Gasteiger partial charge in [-0.2, -0.15) is 0 Å². The second-order valence-electron chi connectivity index (χ2n) is 6.25. The summed E-state index contributed by atoms with van der Waals surface area (Å²) in [6.45, 7) is 4.07. The van der Waals surface area contributed by atoms with Gasteiger partial charge < -0.3 is 5.32 Å². The Morgan fingerprint density at radius 2 is 2.07 bits per heavy atom. The monoisotopic (exact) mass is 419 g/mol. The standard InChI is InChI=1S/C20H19ClFN3O2S/c1-3-25-19(27)17(28-20(25)24-15-7-5-4-6-14(15)22)11-18(26)23-16-10-13(21)9-8-12(16)2/h4-10,17H,3,11H2,1-2H3,(H,23,26). The van der Waals surface area contributed by atoms with E-state index in [1.165, 1.54) is 22.7 Å². The van der Waals surface area contributed by atoms with E-state index in [0.29, 0.717) is 22.4 Å². The lowest BCUT2D eigenvalue weighted by Crippen LogP contribution is -2.33. The molecule has 1 unspecified atom stereocenters. The number of anilines is 1. The fraction of sp³-hybridized carbons (Fsp3) is 0.250. The number of benzene rings is 2. The normalized spacial score (nSPS) is 18.0. The summed E-state index contributed by atoms with van der Waals surface area (Å²) in [6, 6.07) is 11.3. The zero-order chi connectivity index (χ0) is 20.3. The summed E-state index contributed by atoms with van der Waals surface area (Å²) < 4.78 is 13.9. The Balaban J connectivity index is 1.74. The van der Waals surface area contributed by atoms with Crippen LogP contribution in [-0.4, -0.2) is 33.7 Å². The molecule has 0 aliphatic carbocycles. The third-order valence-electron chi connectivity index (χ3n) is 4.25. The van der Waals surface area contributed by atoms with Crippen LogP contribution in [0.2, 0.25) is 5.02 Å². The zero-order valence-corrected chi connectivity index (χ0v) is 17.0. The fourth-order valence-electron chi connectivity index (χ4n) is 2.76. The molecule has 146 valence electrons. The number of rotatable bonds is 5. The third kappa shape index (κ3) is 4.54. The number of aryl methyl sites for hydroxylation is 1. The van der Waals surface area contributed by atoms with Crippen LogP contribution in [-0.2, 0) is 9.59 Å². The lowest BCUT2D eigenvalue weighted by Gasteiger charge is -2.13. The molecule has 1 fully saturated rings. The Labute approximate surface area is 172 Å². The SMILES string of the molecule is CCN1C(=O)C(CC(=O)Nc2cc(Cl)ccc2C)SC1=Nc1ccccc1F. The number of hydrogen-bond acceptors (Lipinski definition) is 4. The fourth-order valence-corrected chi connectivity index (χ4v) is 4.15. The van der Waals surface area contributed by atoms with Crippen molar-refractivity contribution in [1.82, 2.24) is 4.90 Å². The summed E-state index contributed by atoms with van der Waals surface area (Å²) in [4.78, 5) is 30.9. The van der Waals surface area contributed by atoms with Gasteiger partial charge in [0.15, 0.2) is 5.17 Å². The van der Waals surface area contributed by atoms with Gasteiger partial charge in [0.1, 0.15) is 16.8 Å². The number of aliphatic imine (C=N–C) groups is 1. The average molecular weight is 420 g/mol. The van der Waals surface area contributed by atoms with Crippen molar-refractivity contribution >= 4 is 51.7 Å². The van der Waals surface area contributed by atoms with Gasteiger partial charge in [0.25, 0.3) is 0 Å². The van der Waals surface area contributed by atoms with Crippen molar-refractivity contribution in [1.29, 1.82) is 0 Å². The number of carbonyl (C=O) groups excluding carboxylic acids is 2. The minimum atomic E-state index is -0.607. The first-order valence-corrected chi connectivity index (χ1v) is 10.0. The molecule has 2 aromatic carbocycles. The Hall–Kier alpha value is -2.38. The van der Waals surface area contributed by atoms with E-state index in [0.717, 1.165) is 5.56 Å². The van der Waals surface area contributed by atoms with E-state index < -0.39 is 11.1 Å². The van der Waals surface area contributed by atoms with Crippen LogP contribution in [0, 0.1) is 12.7 Å². The van der Waals surface area contributed by atoms with Crippen molar-refractivity contribution < 1.29 is 14.0 Å². The highest BCUT2D eigenvalue weighted by atomic mass is 35.5. The number of nitrogens with zero attached hydrogens (tertiary/aromatic N) is 2. The first-order valence-electron chi connectivity index (χ1n) is 8.76. The van der Waals surface area contributed by atoms with E-state index in [1.807, 2.05) is 19.9 Å². The number of nitrogens with one attached hydrogen (secondary N) is 1. The molecule has 0 spiro atoms. The van der Waals surface area contributed by atoms with Gasteiger partial charge in [-0.15, -0.1) is 0 Å². The molecule has 0 bridgehead atoms. The summed E-state index contributed by atoms with van der Waals surface area (Å²) in [6.07, 6.45) is -0.0117. The molecule has 1 aliphatic rings. The van der Waals surface area contributed by atoms with Crippen LogP contribution in [0.1, 0.15) is 18.9 Å². The number of halogens is 2. The predicted octanol–water partition coefficient (Wildman–Crippen LogP) is 4.77. The Kier molecular flexibility index (Phi) is 6.36. The molecular formula is C20H19ClFN3O2S. The summed E-state index contributed by atoms with van der Waals surface area (Å²) in [7, 11) is 0. The Morgan fingerprint density at radius 1 is 1.32 bits per heavy atom. The maximum Gasteiger partial charge on any atom is 0.242 e. The van der Waals surface area contributed by atoms with Crippen molar-refractivity contribution in [2.24, 2.45) is 4.99 Å². The maximum atomic E-state index is 13.9. The van der Waals surface area contributed by atoms with Crippen LogP contribution in [0.4, 0.5) is 15.8 Å². The van der Waals surface area contributed by atoms with Crippen molar-refractivity contribution in [3.63, 3.8) is 0 Å². The van der Waals surface area contributed by atoms with Gasteiger partial charge >= 0.3 is 0 Å². The van der Waals surface area contributed by atoms with E-state index >= 15 is 0 Å². The Bertz CT molecular complexity index is 951. The zero-order valence-electron chi connectivity index (χ0n) is 15.4. The van der Waals surface area contributed by atoms with Crippen LogP contribution in [0.3, 0.4) is 0 Å². The van der Waals surface area contributed by atoms with Crippen LogP contribution in [0.25, 0.3) is 0 Å². The van der Waals surface area contributed by atoms with Gasteiger partial charge in [0, 0.05) is 23.7 Å². The summed E-state index contributed by atoms with van der Waals surface area (Å²) in [5, 5.41) is 3.11. The highest BCUT2D eigenvalue weighted by Crippen LogP contribution is 2.32. The largest absolute Gasteiger partial charge is 0.326 e. The highest BCUT2D eigenvalue weighted by Gasteiger charge is 2.38. The average Bonchev–Trinajstić information content (AvgIpc) is 2.94. The predicted molar refractivity (Wildman–Crippen MR) is 112 cm³/mol. The molecule has 1 N–H and O–H groups in total. The molecule has 1 aliphatic heterocycles. The van der Waals surface area contributed by atoms with E-state index in [2.05, 4.69) is 10.3 Å². The number of carbonyl (C=O) groups is 2. The van der Waals surface area contributed by atoms with E-state index in [4.69, 9.17) is 11.6 Å². The minimum Gasteiger partial charge on any atom is -0.326 e. The molecule has 1 saturated heterocycles. The second-order valence-corrected chi connectivity index (χ2v) is 7.85. The minimum absolute atomic E-state index is 0.0117. The van der Waals surface area contributed by atoms with E-state index in [1.54, 1.807) is 30.3 Å². The number of amidine groups is 1. The molecule has 1 atom stereocenters. The van der Waals surface area contributed by atoms with Gasteiger partial charge in [-0.25, -0.2) is 9.38 Å². The van der Waals surface area contributed by atoms with Crippen molar-refractivity contribution in [2.75, 3.05) is 11.9 Å². The molecule has 8 heteroatoms. The van der Waals surface area contributed by atoms with Gasteiger partial charge in [0.05, 0.1) is 0 Å². The molecule has 1 heterocycles. The van der Waals surface area contributed by atoms with Gasteiger partial charge in [0.2, 0.25) is 11.8 Å². The quantitative estimate of drug-likeness (QED) is 0.759. The van der Waals surface area contributed by atoms with Crippen LogP contribution in [0.15, 0.2) is 47.5 Å². The molecule has 0 radical (unpaired) electrons. The summed E-state index contributed by atoms with van der Waals surface area (Å²) >= 11 is 7.15. The van der Waals surface area contributed by atoms with Crippen molar-refractivity contribution in [2.45, 2.75) is 25.5 Å². The van der Waals surface area contributed by atoms with Gasteiger partial charge in [-0.05, 0) is 43.7 Å². The number of thioether (sulfide) groups is 1. The smallest absolute Gasteiger partial charge is 0.242 e. The Morgan fingerprint density at radius 3 is 2.79 bits per heavy atom. The third-order valence-corrected chi connectivity index (χ3v) is 5.66. The van der Waals surface area contributed by atoms with Crippen molar-refractivity contribution in [3.8, 4) is 0 Å². The van der Waals surface area contributed by atoms with Crippen LogP contribution in [0.5, 0.6) is 0 Å². The lowest BCUT2D eigenvalue weighted by molar-refractivity contribution is -0.128. The van der Waals surface area contributed by atoms with E-state index in [-0.39, 0.29) is 23.9 Å². The first kappa shape index (κ1) is 20.4. The molecule has 3 rings (SSSR count). The molecule has 0 saturated carbocycles. The maximum absolute atomic E-state index is 13.9. The van der Waals surface area contributed by atoms with Crippen molar-refractivity contribution in [3.05, 3.63) is 58.9 Å². The summed E-state index contributed by atoms with van der Waals surface area (Å²) in [5.41, 5.74) is 1.65. The molecule has 2 aromatic rings. The number of hydrogen-bond donors (Lipinski definition) is 1. The number of amides is 2. The molecule has 28 heavy (non-hydrogen) atoms. The summed E-state index contributed by atoms with van der Waals surface area (Å²) in [5.74, 6) is -0.961. The molecule has 0 aromatic heterocycles. The molecule has 2 amide bonds. The lowest BCUT2D eigenvalue weighted by atomic mass is 10.2. The second kappa shape index (κ2) is 8.75. The van der Waals surface area contributed by atoms with Gasteiger partial charge in [-0.3, -0.25) is 14.5 Å². The first-order chi connectivity index (χ1) is 13.4. The van der Waals surface area contributed by atoms with E-state index in [9.17, 15) is 14.0 Å². The van der Waals surface area contributed by atoms with Crippen LogP contribution >= 0.6 is 23.4 Å². The molecule has 5 nitrogen and oxygen atoms in total. The van der Waals surface area contributed by atoms with Crippen LogP contribution < -0.4 is 5.32 Å². The number of para-hydroxylation sites is 1. The highest BCUT2D eigenvalue weighted by molar-refractivity contribution is 8.15. The topological polar surface area (TPSA) is 61.8 Å². The van der Waals surface area contributed by atoms with Gasteiger partial charge in [-0.1, -0.05) is 41.6 Å². The molecular weight excluding hydrogens is 401 g/mol.